The summed E-state index contributed by atoms with van der Waals surface area (Å²) in [7, 11) is 0. The van der Waals surface area contributed by atoms with Gasteiger partial charge in [0, 0.05) is 23.0 Å². The number of ether oxygens (including phenoxy) is 2. The largest absolute Gasteiger partial charge is 0.380 e. The molecule has 10 heteroatoms. The molecule has 0 spiro atoms. The maximum absolute atomic E-state index is 5.82. The first-order valence-corrected chi connectivity index (χ1v) is 14.7. The van der Waals surface area contributed by atoms with Crippen molar-refractivity contribution >= 4 is 94.1 Å². The molecule has 132 valence electrons. The molecule has 0 atom stereocenters. The summed E-state index contributed by atoms with van der Waals surface area (Å²) in [5.74, 6) is 4.17. The maximum atomic E-state index is 5.82. The van der Waals surface area contributed by atoms with E-state index in [1.807, 2.05) is 94.1 Å². The molecule has 24 heavy (non-hydrogen) atoms. The van der Waals surface area contributed by atoms with E-state index in [4.69, 9.17) is 9.47 Å². The van der Waals surface area contributed by atoms with Crippen LogP contribution in [0.25, 0.3) is 0 Å². The number of thioether (sulfide) groups is 8. The maximum Gasteiger partial charge on any atom is 0.0717 e. The van der Waals surface area contributed by atoms with Crippen LogP contribution in [0.3, 0.4) is 0 Å². The molecule has 0 unspecified atom stereocenters. The molecule has 0 aliphatic carbocycles. The number of rotatable bonds is 0. The smallest absolute Gasteiger partial charge is 0.0717 e. The Labute approximate surface area is 177 Å². The van der Waals surface area contributed by atoms with Gasteiger partial charge in [-0.25, -0.2) is 0 Å². The first-order chi connectivity index (χ1) is 11.9. The van der Waals surface area contributed by atoms with Crippen molar-refractivity contribution < 1.29 is 9.47 Å². The zero-order valence-corrected chi connectivity index (χ0v) is 19.3. The van der Waals surface area contributed by atoms with Crippen molar-refractivity contribution in [3.8, 4) is 0 Å². The number of hydrogen-bond acceptors (Lipinski definition) is 10. The quantitative estimate of drug-likeness (QED) is 0.397. The van der Waals surface area contributed by atoms with Crippen LogP contribution in [0.1, 0.15) is 0 Å². The molecule has 4 rings (SSSR count). The molecule has 0 saturated heterocycles. The third-order valence-corrected chi connectivity index (χ3v) is 14.5. The van der Waals surface area contributed by atoms with Crippen molar-refractivity contribution in [2.24, 2.45) is 0 Å². The summed E-state index contributed by atoms with van der Waals surface area (Å²) in [5.41, 5.74) is 0. The Bertz CT molecular complexity index is 491. The predicted molar refractivity (Wildman–Crippen MR) is 123 cm³/mol. The summed E-state index contributed by atoms with van der Waals surface area (Å²) in [4.78, 5) is 0. The summed E-state index contributed by atoms with van der Waals surface area (Å²) in [5, 5.41) is 0. The molecule has 0 aromatic rings. The Balaban J connectivity index is 1.63. The summed E-state index contributed by atoms with van der Waals surface area (Å²) in [6.07, 6.45) is 0. The van der Waals surface area contributed by atoms with Gasteiger partial charge in [-0.1, -0.05) is 47.0 Å². The molecule has 0 amide bonds. The lowest BCUT2D eigenvalue weighted by molar-refractivity contribution is 0.167. The van der Waals surface area contributed by atoms with E-state index in [2.05, 4.69) is 0 Å². The van der Waals surface area contributed by atoms with Crippen molar-refractivity contribution in [3.05, 3.63) is 25.4 Å². The minimum absolute atomic E-state index is 0.843. The van der Waals surface area contributed by atoms with Gasteiger partial charge < -0.3 is 9.47 Å². The SMILES string of the molecule is C1CSC2=C3SCCOCCSC4=C(SCCO1)SC(=C(S2)S3)S4. The summed E-state index contributed by atoms with van der Waals surface area (Å²) in [6, 6.07) is 0. The van der Waals surface area contributed by atoms with Crippen LogP contribution in [0, 0.1) is 0 Å². The van der Waals surface area contributed by atoms with Gasteiger partial charge in [0.2, 0.25) is 0 Å². The fourth-order valence-corrected chi connectivity index (χ4v) is 13.7. The molecule has 4 heterocycles. The third kappa shape index (κ3) is 5.05. The molecule has 6 bridgehead atoms. The highest BCUT2D eigenvalue weighted by molar-refractivity contribution is 8.45. The van der Waals surface area contributed by atoms with E-state index >= 15 is 0 Å². The lowest BCUT2D eigenvalue weighted by atomic mass is 10.8. The van der Waals surface area contributed by atoms with E-state index < -0.39 is 0 Å². The van der Waals surface area contributed by atoms with E-state index in [1.165, 1.54) is 25.4 Å². The molecule has 2 nitrogen and oxygen atoms in total. The van der Waals surface area contributed by atoms with Gasteiger partial charge in [0.15, 0.2) is 0 Å². The van der Waals surface area contributed by atoms with Crippen LogP contribution < -0.4 is 0 Å². The standard InChI is InChI=1S/C14H16O2S8/c1-5-17-9-10-19-7-3-16-4-8-20-12-11(18-6-2-15-1)23-14(24-12)13(21-9)22-10/h1-8H2. The average molecular weight is 473 g/mol. The first kappa shape index (κ1) is 19.3. The number of hydrogen-bond donors (Lipinski definition) is 0. The summed E-state index contributed by atoms with van der Waals surface area (Å²) in [6.45, 7) is 3.37. The highest BCUT2D eigenvalue weighted by atomic mass is 32.3. The highest BCUT2D eigenvalue weighted by Gasteiger charge is 2.31. The summed E-state index contributed by atoms with van der Waals surface area (Å²) < 4.78 is 20.4. The zero-order chi connectivity index (χ0) is 16.2. The van der Waals surface area contributed by atoms with E-state index in [9.17, 15) is 0 Å². The molecule has 0 aromatic heterocycles. The monoisotopic (exact) mass is 472 g/mol. The molecule has 0 fully saturated rings. The average Bonchev–Trinajstić information content (AvgIpc) is 3.17. The lowest BCUT2D eigenvalue weighted by Gasteiger charge is -2.09. The Morgan fingerprint density at radius 1 is 0.417 bits per heavy atom. The predicted octanol–water partition coefficient (Wildman–Crippen LogP) is 6.32. The molecule has 4 aliphatic heterocycles. The van der Waals surface area contributed by atoms with Crippen LogP contribution in [0.2, 0.25) is 0 Å². The second-order valence-corrected chi connectivity index (χ2v) is 14.8. The van der Waals surface area contributed by atoms with E-state index in [0.717, 1.165) is 49.4 Å². The summed E-state index contributed by atoms with van der Waals surface area (Å²) >= 11 is 15.7. The Morgan fingerprint density at radius 2 is 0.708 bits per heavy atom. The second-order valence-electron chi connectivity index (χ2n) is 4.75. The zero-order valence-electron chi connectivity index (χ0n) is 12.7. The minimum Gasteiger partial charge on any atom is -0.380 e. The van der Waals surface area contributed by atoms with Crippen molar-refractivity contribution in [1.82, 2.24) is 0 Å². The third-order valence-electron chi connectivity index (χ3n) is 3.08. The van der Waals surface area contributed by atoms with Gasteiger partial charge in [0.05, 0.1) is 51.9 Å². The fourth-order valence-electron chi connectivity index (χ4n) is 2.04. The van der Waals surface area contributed by atoms with Gasteiger partial charge in [-0.2, -0.15) is 0 Å². The van der Waals surface area contributed by atoms with E-state index in [-0.39, 0.29) is 0 Å². The number of fused-ring (bicyclic) bond motifs is 4. The van der Waals surface area contributed by atoms with Crippen molar-refractivity contribution in [2.75, 3.05) is 49.4 Å². The molecular formula is C14H16O2S8. The van der Waals surface area contributed by atoms with E-state index in [0.29, 0.717) is 0 Å². The second kappa shape index (κ2) is 9.93. The molecule has 0 aromatic carbocycles. The Kier molecular flexibility index (Phi) is 7.97. The van der Waals surface area contributed by atoms with Gasteiger partial charge >= 0.3 is 0 Å². The Hall–Kier alpha value is 1.94. The van der Waals surface area contributed by atoms with Crippen LogP contribution in [0.5, 0.6) is 0 Å². The van der Waals surface area contributed by atoms with Gasteiger partial charge in [0.25, 0.3) is 0 Å². The molecule has 0 saturated carbocycles. The Morgan fingerprint density at radius 3 is 1.00 bits per heavy atom. The first-order valence-electron chi connectivity index (χ1n) is 7.51. The van der Waals surface area contributed by atoms with Crippen molar-refractivity contribution in [3.63, 3.8) is 0 Å². The minimum atomic E-state index is 0.843. The highest BCUT2D eigenvalue weighted by Crippen LogP contribution is 2.66. The van der Waals surface area contributed by atoms with Crippen molar-refractivity contribution in [1.29, 1.82) is 0 Å². The molecule has 4 aliphatic rings. The fraction of sp³-hybridized carbons (Fsp3) is 0.571. The van der Waals surface area contributed by atoms with E-state index in [1.54, 1.807) is 0 Å². The molecule has 0 N–H and O–H groups in total. The van der Waals surface area contributed by atoms with Crippen LogP contribution in [0.4, 0.5) is 0 Å². The topological polar surface area (TPSA) is 18.5 Å². The van der Waals surface area contributed by atoms with Crippen LogP contribution in [-0.2, 0) is 9.47 Å². The normalized spacial score (nSPS) is 27.0. The van der Waals surface area contributed by atoms with Gasteiger partial charge in [0.1, 0.15) is 0 Å². The molecule has 0 radical (unpaired) electrons. The van der Waals surface area contributed by atoms with Gasteiger partial charge in [-0.3, -0.25) is 0 Å². The van der Waals surface area contributed by atoms with Crippen molar-refractivity contribution in [2.45, 2.75) is 0 Å². The molecular weight excluding hydrogens is 457 g/mol. The van der Waals surface area contributed by atoms with Gasteiger partial charge in [-0.15, -0.1) is 47.0 Å². The van der Waals surface area contributed by atoms with Gasteiger partial charge in [-0.05, 0) is 0 Å². The van der Waals surface area contributed by atoms with Crippen LogP contribution in [-0.4, -0.2) is 49.4 Å². The lowest BCUT2D eigenvalue weighted by Crippen LogP contribution is -2.02. The van der Waals surface area contributed by atoms with Crippen LogP contribution in [0.15, 0.2) is 25.4 Å². The van der Waals surface area contributed by atoms with Crippen LogP contribution >= 0.6 is 94.1 Å².